The van der Waals surface area contributed by atoms with E-state index in [0.717, 1.165) is 19.5 Å². The number of likely N-dealkylation sites (tertiary alicyclic amines) is 1. The smallest absolute Gasteiger partial charge is 0.410 e. The first-order valence-corrected chi connectivity index (χ1v) is 8.62. The van der Waals surface area contributed by atoms with Gasteiger partial charge in [-0.25, -0.2) is 4.79 Å². The summed E-state index contributed by atoms with van der Waals surface area (Å²) in [5.41, 5.74) is 4.89. The second kappa shape index (κ2) is 6.88. The molecule has 0 aromatic rings. The highest BCUT2D eigenvalue weighted by Gasteiger charge is 2.40. The minimum absolute atomic E-state index is 0.0177. The molecule has 0 unspecified atom stereocenters. The second-order valence-electron chi connectivity index (χ2n) is 8.49. The van der Waals surface area contributed by atoms with E-state index in [0.29, 0.717) is 19.6 Å². The average molecular weight is 341 g/mol. The van der Waals surface area contributed by atoms with E-state index in [1.54, 1.807) is 4.90 Å². The monoisotopic (exact) mass is 341 g/mol. The summed E-state index contributed by atoms with van der Waals surface area (Å²) >= 11 is 0. The Morgan fingerprint density at radius 1 is 1.33 bits per heavy atom. The van der Waals surface area contributed by atoms with E-state index >= 15 is 0 Å². The highest BCUT2D eigenvalue weighted by molar-refractivity contribution is 5.79. The van der Waals surface area contributed by atoms with Gasteiger partial charge in [0.2, 0.25) is 5.91 Å². The van der Waals surface area contributed by atoms with Crippen LogP contribution in [0.1, 0.15) is 41.0 Å². The largest absolute Gasteiger partial charge is 0.444 e. The fourth-order valence-corrected chi connectivity index (χ4v) is 3.50. The Bertz CT molecular complexity index is 491. The third kappa shape index (κ3) is 5.08. The van der Waals surface area contributed by atoms with E-state index in [2.05, 4.69) is 11.8 Å². The molecule has 24 heavy (non-hydrogen) atoms. The Labute approximate surface area is 144 Å². The van der Waals surface area contributed by atoms with E-state index in [1.165, 1.54) is 0 Å². The van der Waals surface area contributed by atoms with E-state index in [9.17, 15) is 9.59 Å². The number of nitrogens with two attached hydrogens (primary N) is 1. The normalized spacial score (nSPS) is 32.0. The molecular weight excluding hydrogens is 310 g/mol. The number of rotatable bonds is 3. The zero-order valence-corrected chi connectivity index (χ0v) is 15.5. The topological polar surface area (TPSA) is 85.1 Å². The predicted octanol–water partition coefficient (Wildman–Crippen LogP) is 1.21. The van der Waals surface area contributed by atoms with E-state index in [-0.39, 0.29) is 17.6 Å². The molecule has 3 atom stereocenters. The zero-order valence-electron chi connectivity index (χ0n) is 15.5. The van der Waals surface area contributed by atoms with Gasteiger partial charge in [0.1, 0.15) is 11.7 Å². The first-order chi connectivity index (χ1) is 11.0. The molecule has 0 spiro atoms. The predicted molar refractivity (Wildman–Crippen MR) is 90.5 cm³/mol. The molecule has 2 saturated heterocycles. The van der Waals surface area contributed by atoms with Crippen molar-refractivity contribution in [1.29, 1.82) is 0 Å². The molecule has 0 aliphatic carbocycles. The maximum atomic E-state index is 12.2. The number of nitrogens with zero attached hydrogens (tertiary/aromatic N) is 2. The van der Waals surface area contributed by atoms with Gasteiger partial charge < -0.3 is 20.1 Å². The fourth-order valence-electron chi connectivity index (χ4n) is 3.50. The molecule has 0 radical (unpaired) electrons. The molecule has 138 valence electrons. The summed E-state index contributed by atoms with van der Waals surface area (Å²) < 4.78 is 11.1. The van der Waals surface area contributed by atoms with Crippen molar-refractivity contribution >= 4 is 12.0 Å². The Kier molecular flexibility index (Phi) is 5.44. The molecule has 2 N–H and O–H groups in total. The van der Waals surface area contributed by atoms with Gasteiger partial charge in [-0.05, 0) is 39.5 Å². The minimum Gasteiger partial charge on any atom is -0.444 e. The molecule has 2 aliphatic heterocycles. The Balaban J connectivity index is 1.93. The maximum absolute atomic E-state index is 12.2. The van der Waals surface area contributed by atoms with Crippen molar-refractivity contribution in [3.63, 3.8) is 0 Å². The summed E-state index contributed by atoms with van der Waals surface area (Å²) in [4.78, 5) is 27.7. The van der Waals surface area contributed by atoms with Crippen LogP contribution in [0.4, 0.5) is 4.79 Å². The van der Waals surface area contributed by atoms with Crippen LogP contribution in [0.2, 0.25) is 0 Å². The van der Waals surface area contributed by atoms with E-state index < -0.39 is 17.6 Å². The summed E-state index contributed by atoms with van der Waals surface area (Å²) in [7, 11) is 0. The highest BCUT2D eigenvalue weighted by Crippen LogP contribution is 2.32. The molecule has 0 aromatic heterocycles. The third-order valence-electron chi connectivity index (χ3n) is 4.47. The Morgan fingerprint density at radius 2 is 2.00 bits per heavy atom. The molecule has 0 bridgehead atoms. The summed E-state index contributed by atoms with van der Waals surface area (Å²) in [5.74, 6) is -0.418. The standard InChI is InChI=1S/C17H31N3O4/c1-12-8-19(9-13(23-12)14(18)21)10-17(5)6-7-20(11-17)15(22)24-16(2,3)4/h12-13H,6-11H2,1-5H3,(H2,18,21)/t12-,13-,17+/m1/s1. The van der Waals surface area contributed by atoms with Gasteiger partial charge in [0, 0.05) is 32.7 Å². The minimum atomic E-state index is -0.555. The number of hydrogen-bond acceptors (Lipinski definition) is 5. The Hall–Kier alpha value is -1.34. The molecule has 2 aliphatic rings. The van der Waals surface area contributed by atoms with Crippen LogP contribution in [-0.2, 0) is 14.3 Å². The van der Waals surface area contributed by atoms with Crippen LogP contribution < -0.4 is 5.73 Å². The molecular formula is C17H31N3O4. The van der Waals surface area contributed by atoms with Crippen LogP contribution in [0.25, 0.3) is 0 Å². The lowest BCUT2D eigenvalue weighted by atomic mass is 9.88. The van der Waals surface area contributed by atoms with E-state index in [4.69, 9.17) is 15.2 Å². The van der Waals surface area contributed by atoms with Gasteiger partial charge in [-0.3, -0.25) is 9.69 Å². The van der Waals surface area contributed by atoms with Crippen molar-refractivity contribution in [2.45, 2.75) is 58.8 Å². The van der Waals surface area contributed by atoms with Gasteiger partial charge in [0.15, 0.2) is 0 Å². The summed E-state index contributed by atoms with van der Waals surface area (Å²) in [5, 5.41) is 0. The van der Waals surface area contributed by atoms with Crippen molar-refractivity contribution in [1.82, 2.24) is 9.80 Å². The van der Waals surface area contributed by atoms with Crippen molar-refractivity contribution < 1.29 is 19.1 Å². The number of carbonyl (C=O) groups is 2. The van der Waals surface area contributed by atoms with Crippen LogP contribution in [0.15, 0.2) is 0 Å². The van der Waals surface area contributed by atoms with Gasteiger partial charge in [0.25, 0.3) is 0 Å². The lowest BCUT2D eigenvalue weighted by Crippen LogP contribution is -2.54. The highest BCUT2D eigenvalue weighted by atomic mass is 16.6. The van der Waals surface area contributed by atoms with Crippen LogP contribution >= 0.6 is 0 Å². The number of ether oxygens (including phenoxy) is 2. The maximum Gasteiger partial charge on any atom is 0.410 e. The molecule has 7 heteroatoms. The summed E-state index contributed by atoms with van der Waals surface area (Å²) in [6.07, 6.45) is 0.0830. The van der Waals surface area contributed by atoms with Gasteiger partial charge >= 0.3 is 6.09 Å². The quantitative estimate of drug-likeness (QED) is 0.834. The second-order valence-corrected chi connectivity index (χ2v) is 8.49. The van der Waals surface area contributed by atoms with Crippen LogP contribution in [0.3, 0.4) is 0 Å². The van der Waals surface area contributed by atoms with Gasteiger partial charge in [-0.15, -0.1) is 0 Å². The number of primary amides is 1. The molecule has 7 nitrogen and oxygen atoms in total. The zero-order chi connectivity index (χ0) is 18.1. The van der Waals surface area contributed by atoms with Crippen LogP contribution in [-0.4, -0.2) is 72.3 Å². The van der Waals surface area contributed by atoms with E-state index in [1.807, 2.05) is 27.7 Å². The molecule has 2 rings (SSSR count). The average Bonchev–Trinajstić information content (AvgIpc) is 2.78. The molecule has 0 saturated carbocycles. The molecule has 2 heterocycles. The van der Waals surface area contributed by atoms with Crippen LogP contribution in [0.5, 0.6) is 0 Å². The Morgan fingerprint density at radius 3 is 2.58 bits per heavy atom. The van der Waals surface area contributed by atoms with Gasteiger partial charge in [0.05, 0.1) is 6.10 Å². The molecule has 2 fully saturated rings. The van der Waals surface area contributed by atoms with Crippen molar-refractivity contribution in [3.05, 3.63) is 0 Å². The fraction of sp³-hybridized carbons (Fsp3) is 0.882. The molecule has 0 aromatic carbocycles. The number of carbonyl (C=O) groups excluding carboxylic acids is 2. The van der Waals surface area contributed by atoms with Crippen molar-refractivity contribution in [3.8, 4) is 0 Å². The summed E-state index contributed by atoms with van der Waals surface area (Å²) in [6, 6.07) is 0. The third-order valence-corrected chi connectivity index (χ3v) is 4.47. The van der Waals surface area contributed by atoms with Crippen molar-refractivity contribution in [2.24, 2.45) is 11.1 Å². The van der Waals surface area contributed by atoms with Crippen LogP contribution in [0, 0.1) is 5.41 Å². The lowest BCUT2D eigenvalue weighted by molar-refractivity contribution is -0.143. The van der Waals surface area contributed by atoms with Gasteiger partial charge in [-0.1, -0.05) is 6.92 Å². The van der Waals surface area contributed by atoms with Crippen molar-refractivity contribution in [2.75, 3.05) is 32.7 Å². The number of hydrogen-bond donors (Lipinski definition) is 1. The lowest BCUT2D eigenvalue weighted by Gasteiger charge is -2.39. The first-order valence-electron chi connectivity index (χ1n) is 8.62. The first kappa shape index (κ1) is 19.0. The number of morpholine rings is 1. The molecule has 2 amide bonds. The number of amides is 2. The van der Waals surface area contributed by atoms with Gasteiger partial charge in [-0.2, -0.15) is 0 Å². The summed E-state index contributed by atoms with van der Waals surface area (Å²) in [6.45, 7) is 13.2. The SMILES string of the molecule is C[C@@H]1CN(C[C@]2(C)CCN(C(=O)OC(C)(C)C)C2)C[C@H](C(N)=O)O1.